The minimum absolute atomic E-state index is 0. The van der Waals surface area contributed by atoms with E-state index in [0.29, 0.717) is 16.8 Å². The first-order valence-corrected chi connectivity index (χ1v) is 9.05. The van der Waals surface area contributed by atoms with Gasteiger partial charge in [-0.3, -0.25) is 0 Å². The van der Waals surface area contributed by atoms with Gasteiger partial charge in [-0.15, -0.1) is 0 Å². The molecule has 0 aliphatic heterocycles. The molecule has 7 nitrogen and oxygen atoms in total. The highest BCUT2D eigenvalue weighted by Gasteiger charge is 2.37. The maximum Gasteiger partial charge on any atom is 0.435 e. The van der Waals surface area contributed by atoms with Gasteiger partial charge in [0.05, 0.1) is 21.5 Å². The number of hydrogen-bond acceptors (Lipinski definition) is 6. The molecule has 3 N–H and O–H groups in total. The third-order valence-electron chi connectivity index (χ3n) is 4.41. The summed E-state index contributed by atoms with van der Waals surface area (Å²) in [6.07, 6.45) is -8.33. The number of nitrogens with zero attached hydrogens (tertiary/aromatic N) is 4. The second-order valence-corrected chi connectivity index (χ2v) is 7.03. The van der Waals surface area contributed by atoms with Gasteiger partial charge < -0.3 is 10.6 Å². The molecule has 0 saturated heterocycles. The van der Waals surface area contributed by atoms with Gasteiger partial charge in [-0.05, 0) is 36.8 Å². The molecule has 4 aromatic rings. The summed E-state index contributed by atoms with van der Waals surface area (Å²) in [6, 6.07) is 4.71. The molecule has 4 rings (SSSR count). The Bertz CT molecular complexity index is 1410. The molecule has 0 saturated carbocycles. The van der Waals surface area contributed by atoms with Gasteiger partial charge in [0.25, 0.3) is 0 Å². The van der Waals surface area contributed by atoms with Crippen molar-refractivity contribution in [1.82, 2.24) is 25.9 Å². The molecule has 3 aromatic heterocycles. The van der Waals surface area contributed by atoms with Crippen LogP contribution in [0.25, 0.3) is 28.3 Å². The summed E-state index contributed by atoms with van der Waals surface area (Å²) < 4.78 is 84.9. The van der Waals surface area contributed by atoms with Crippen molar-refractivity contribution < 1.29 is 30.8 Å². The van der Waals surface area contributed by atoms with Crippen molar-refractivity contribution in [2.24, 2.45) is 0 Å². The molecule has 0 unspecified atom stereocenters. The van der Waals surface area contributed by atoms with E-state index in [1.165, 1.54) is 25.3 Å². The Hall–Kier alpha value is -3.45. The molecule has 174 valence electrons. The molecule has 33 heavy (non-hydrogen) atoms. The van der Waals surface area contributed by atoms with E-state index in [9.17, 15) is 31.1 Å². The van der Waals surface area contributed by atoms with Gasteiger partial charge in [-0.25, -0.2) is 19.4 Å². The number of rotatable bonds is 2. The number of benzene rings is 1. The summed E-state index contributed by atoms with van der Waals surface area (Å²) in [5.74, 6) is -0.802. The fourth-order valence-corrected chi connectivity index (χ4v) is 3.19. The van der Waals surface area contributed by atoms with Crippen LogP contribution in [0.2, 0.25) is 5.02 Å². The molecule has 0 fully saturated rings. The number of hydrogen-bond donors (Lipinski definition) is 1. The van der Waals surface area contributed by atoms with Gasteiger partial charge in [-0.1, -0.05) is 11.6 Å². The van der Waals surface area contributed by atoms with Crippen LogP contribution in [0.4, 0.5) is 26.3 Å². The maximum absolute atomic E-state index is 13.3. The zero-order chi connectivity index (χ0) is 23.4. The molecule has 14 heteroatoms. The fourth-order valence-electron chi connectivity index (χ4n) is 2.99. The van der Waals surface area contributed by atoms with E-state index < -0.39 is 46.2 Å². The molecule has 0 atom stereocenters. The minimum Gasteiger partial charge on any atom is -0.401 e. The number of alkyl halides is 6. The third-order valence-corrected chi connectivity index (χ3v) is 4.70. The summed E-state index contributed by atoms with van der Waals surface area (Å²) in [4.78, 5) is 20.4. The molecule has 0 amide bonds. The number of fused-ring (bicyclic) bond motifs is 1. The highest BCUT2D eigenvalue weighted by Crippen LogP contribution is 2.35. The molecule has 0 radical (unpaired) electrons. The maximum atomic E-state index is 13.3. The summed E-state index contributed by atoms with van der Waals surface area (Å²) in [7, 11) is 0. The lowest BCUT2D eigenvalue weighted by Gasteiger charge is -2.10. The van der Waals surface area contributed by atoms with Gasteiger partial charge >= 0.3 is 18.0 Å². The van der Waals surface area contributed by atoms with Crippen molar-refractivity contribution in [3.8, 4) is 17.4 Å². The lowest BCUT2D eigenvalue weighted by Crippen LogP contribution is -2.11. The van der Waals surface area contributed by atoms with Gasteiger partial charge in [0.1, 0.15) is 5.69 Å². The van der Waals surface area contributed by atoms with Crippen LogP contribution in [-0.4, -0.2) is 19.7 Å². The van der Waals surface area contributed by atoms with Crippen molar-refractivity contribution in [1.29, 1.82) is 0 Å². The molecular formula is C19H12ClF6N5O2. The van der Waals surface area contributed by atoms with E-state index in [1.807, 2.05) is 0 Å². The van der Waals surface area contributed by atoms with Crippen LogP contribution in [0.15, 0.2) is 45.7 Å². The standard InChI is InChI=1S/C19H9ClF6N4O2.H3N/c1-8-5-9(18(21,22)23)6-10-14(8)28-16(32-17(10)31)12-7-13(19(24,25)26)29-30(12)15-11(20)3-2-4-27-15;/h2-7H,1H3;1H3. The lowest BCUT2D eigenvalue weighted by atomic mass is 10.1. The largest absolute Gasteiger partial charge is 0.435 e. The van der Waals surface area contributed by atoms with Crippen molar-refractivity contribution in [2.75, 3.05) is 0 Å². The topological polar surface area (TPSA) is 109 Å². The predicted molar refractivity (Wildman–Crippen MR) is 105 cm³/mol. The van der Waals surface area contributed by atoms with Crippen LogP contribution in [0.1, 0.15) is 16.8 Å². The SMILES string of the molecule is Cc1cc(C(F)(F)F)cc2c(=O)oc(-c3cc(C(F)(F)F)nn3-c3ncccc3Cl)nc12.N. The molecule has 1 aromatic carbocycles. The van der Waals surface area contributed by atoms with Crippen LogP contribution in [0.5, 0.6) is 0 Å². The number of aromatic nitrogens is 4. The van der Waals surface area contributed by atoms with Gasteiger partial charge in [-0.2, -0.15) is 31.4 Å². The number of halogens is 7. The smallest absolute Gasteiger partial charge is 0.401 e. The molecule has 0 aliphatic carbocycles. The van der Waals surface area contributed by atoms with E-state index in [4.69, 9.17) is 16.0 Å². The van der Waals surface area contributed by atoms with Crippen molar-refractivity contribution in [3.05, 3.63) is 68.8 Å². The van der Waals surface area contributed by atoms with E-state index in [2.05, 4.69) is 15.1 Å². The van der Waals surface area contributed by atoms with Crippen LogP contribution in [0.3, 0.4) is 0 Å². The molecule has 3 heterocycles. The highest BCUT2D eigenvalue weighted by molar-refractivity contribution is 6.32. The van der Waals surface area contributed by atoms with Crippen LogP contribution in [0, 0.1) is 6.92 Å². The first-order chi connectivity index (χ1) is 14.9. The van der Waals surface area contributed by atoms with Crippen molar-refractivity contribution in [2.45, 2.75) is 19.3 Å². The van der Waals surface area contributed by atoms with E-state index >= 15 is 0 Å². The normalized spacial score (nSPS) is 12.1. The number of aryl methyl sites for hydroxylation is 1. The molecule has 0 bridgehead atoms. The van der Waals surface area contributed by atoms with Crippen LogP contribution >= 0.6 is 11.6 Å². The zero-order valence-corrected chi connectivity index (χ0v) is 17.2. The third kappa shape index (κ3) is 4.41. The Morgan fingerprint density at radius 1 is 1.06 bits per heavy atom. The quantitative estimate of drug-likeness (QED) is 0.366. The Morgan fingerprint density at radius 3 is 2.36 bits per heavy atom. The van der Waals surface area contributed by atoms with Gasteiger partial charge in [0.15, 0.2) is 11.5 Å². The predicted octanol–water partition coefficient (Wildman–Crippen LogP) is 5.60. The average Bonchev–Trinajstić information content (AvgIpc) is 3.13. The van der Waals surface area contributed by atoms with Gasteiger partial charge in [0.2, 0.25) is 5.89 Å². The first kappa shape index (κ1) is 24.2. The van der Waals surface area contributed by atoms with E-state index in [-0.39, 0.29) is 28.1 Å². The molecular weight excluding hydrogens is 480 g/mol. The Balaban J connectivity index is 0.00000306. The lowest BCUT2D eigenvalue weighted by molar-refractivity contribution is -0.141. The second-order valence-electron chi connectivity index (χ2n) is 6.63. The van der Waals surface area contributed by atoms with E-state index in [1.54, 1.807) is 0 Å². The van der Waals surface area contributed by atoms with Crippen LogP contribution < -0.4 is 11.8 Å². The van der Waals surface area contributed by atoms with Gasteiger partial charge in [0, 0.05) is 12.3 Å². The average molecular weight is 492 g/mol. The summed E-state index contributed by atoms with van der Waals surface area (Å²) in [6.45, 7) is 1.28. The summed E-state index contributed by atoms with van der Waals surface area (Å²) in [5, 5.41) is 2.93. The minimum atomic E-state index is -4.87. The Morgan fingerprint density at radius 2 is 1.76 bits per heavy atom. The summed E-state index contributed by atoms with van der Waals surface area (Å²) in [5.41, 5.74) is -4.26. The Labute approximate surface area is 185 Å². The summed E-state index contributed by atoms with van der Waals surface area (Å²) >= 11 is 6.03. The second kappa shape index (κ2) is 8.15. The molecule has 0 aliphatic rings. The zero-order valence-electron chi connectivity index (χ0n) is 16.4. The van der Waals surface area contributed by atoms with Crippen LogP contribution in [-0.2, 0) is 12.4 Å². The van der Waals surface area contributed by atoms with E-state index in [0.717, 1.165) is 6.07 Å². The highest BCUT2D eigenvalue weighted by atomic mass is 35.5. The van der Waals surface area contributed by atoms with Crippen molar-refractivity contribution >= 4 is 22.5 Å². The Kier molecular flexibility index (Phi) is 5.98. The fraction of sp³-hybridized carbons (Fsp3) is 0.158. The number of pyridine rings is 1. The molecule has 0 spiro atoms. The monoisotopic (exact) mass is 491 g/mol. The first-order valence-electron chi connectivity index (χ1n) is 8.67. The van der Waals surface area contributed by atoms with Crippen molar-refractivity contribution in [3.63, 3.8) is 0 Å².